The predicted octanol–water partition coefficient (Wildman–Crippen LogP) is 2.08. The summed E-state index contributed by atoms with van der Waals surface area (Å²) >= 11 is 0. The van der Waals surface area contributed by atoms with Crippen molar-refractivity contribution in [3.8, 4) is 12.3 Å². The molecule has 0 fully saturated rings. The van der Waals surface area contributed by atoms with Gasteiger partial charge in [-0.25, -0.2) is 0 Å². The van der Waals surface area contributed by atoms with Crippen molar-refractivity contribution in [3.05, 3.63) is 12.2 Å². The van der Waals surface area contributed by atoms with E-state index >= 15 is 0 Å². The molecule has 62 valence electrons. The summed E-state index contributed by atoms with van der Waals surface area (Å²) in [6.45, 7) is 5.86. The molecule has 0 saturated heterocycles. The SMILES string of the molecule is C#CC(=C)C(N)CCCCC. The molecule has 0 saturated carbocycles. The molecule has 0 aromatic heterocycles. The Morgan fingerprint density at radius 1 is 1.64 bits per heavy atom. The van der Waals surface area contributed by atoms with E-state index in [1.165, 1.54) is 12.8 Å². The molecule has 1 atom stereocenters. The van der Waals surface area contributed by atoms with Gasteiger partial charge in [0, 0.05) is 11.6 Å². The summed E-state index contributed by atoms with van der Waals surface area (Å²) in [7, 11) is 0. The van der Waals surface area contributed by atoms with Gasteiger partial charge < -0.3 is 5.73 Å². The minimum absolute atomic E-state index is 0.00606. The lowest BCUT2D eigenvalue weighted by Gasteiger charge is -2.08. The van der Waals surface area contributed by atoms with Crippen LogP contribution in [0.15, 0.2) is 12.2 Å². The van der Waals surface area contributed by atoms with Crippen LogP contribution in [0.25, 0.3) is 0 Å². The molecule has 0 aliphatic rings. The second kappa shape index (κ2) is 6.00. The van der Waals surface area contributed by atoms with Gasteiger partial charge in [-0.05, 0) is 6.42 Å². The fraction of sp³-hybridized carbons (Fsp3) is 0.600. The van der Waals surface area contributed by atoms with E-state index in [4.69, 9.17) is 12.2 Å². The topological polar surface area (TPSA) is 26.0 Å². The van der Waals surface area contributed by atoms with E-state index in [0.29, 0.717) is 0 Å². The highest BCUT2D eigenvalue weighted by Crippen LogP contribution is 2.06. The third-order valence-corrected chi connectivity index (χ3v) is 1.75. The number of unbranched alkanes of at least 4 members (excludes halogenated alkanes) is 2. The maximum absolute atomic E-state index is 5.73. The van der Waals surface area contributed by atoms with Gasteiger partial charge >= 0.3 is 0 Å². The first-order chi connectivity index (χ1) is 5.22. The van der Waals surface area contributed by atoms with Crippen LogP contribution in [0, 0.1) is 12.3 Å². The maximum atomic E-state index is 5.73. The van der Waals surface area contributed by atoms with Gasteiger partial charge in [-0.3, -0.25) is 0 Å². The van der Waals surface area contributed by atoms with Crippen LogP contribution < -0.4 is 5.73 Å². The quantitative estimate of drug-likeness (QED) is 0.472. The zero-order valence-electron chi connectivity index (χ0n) is 7.27. The lowest BCUT2D eigenvalue weighted by Crippen LogP contribution is -2.20. The van der Waals surface area contributed by atoms with E-state index in [1.807, 2.05) is 0 Å². The molecular weight excluding hydrogens is 134 g/mol. The normalized spacial score (nSPS) is 12.1. The van der Waals surface area contributed by atoms with Crippen molar-refractivity contribution >= 4 is 0 Å². The Balaban J connectivity index is 3.46. The predicted molar refractivity (Wildman–Crippen MR) is 50.1 cm³/mol. The van der Waals surface area contributed by atoms with Crippen LogP contribution in [0.2, 0.25) is 0 Å². The fourth-order valence-electron chi connectivity index (χ4n) is 0.896. The summed E-state index contributed by atoms with van der Waals surface area (Å²) in [5.74, 6) is 2.47. The van der Waals surface area contributed by atoms with Crippen molar-refractivity contribution in [3.63, 3.8) is 0 Å². The van der Waals surface area contributed by atoms with Crippen LogP contribution in [0.3, 0.4) is 0 Å². The van der Waals surface area contributed by atoms with E-state index in [1.54, 1.807) is 0 Å². The van der Waals surface area contributed by atoms with Gasteiger partial charge in [0.15, 0.2) is 0 Å². The molecule has 0 bridgehead atoms. The number of nitrogens with two attached hydrogens (primary N) is 1. The molecule has 0 aliphatic carbocycles. The summed E-state index contributed by atoms with van der Waals surface area (Å²) in [4.78, 5) is 0. The smallest absolute Gasteiger partial charge is 0.0368 e. The van der Waals surface area contributed by atoms with Crippen molar-refractivity contribution < 1.29 is 0 Å². The summed E-state index contributed by atoms with van der Waals surface area (Å²) < 4.78 is 0. The Labute approximate surface area is 69.7 Å². The van der Waals surface area contributed by atoms with Crippen molar-refractivity contribution in [2.24, 2.45) is 5.73 Å². The van der Waals surface area contributed by atoms with Gasteiger partial charge in [0.25, 0.3) is 0 Å². The van der Waals surface area contributed by atoms with Crippen LogP contribution in [0.4, 0.5) is 0 Å². The van der Waals surface area contributed by atoms with Crippen LogP contribution in [0.5, 0.6) is 0 Å². The first kappa shape index (κ1) is 10.3. The second-order valence-corrected chi connectivity index (χ2v) is 2.77. The highest BCUT2D eigenvalue weighted by atomic mass is 14.6. The average molecular weight is 151 g/mol. The molecule has 0 heterocycles. The number of hydrogen-bond acceptors (Lipinski definition) is 1. The first-order valence-electron chi connectivity index (χ1n) is 4.13. The van der Waals surface area contributed by atoms with E-state index in [2.05, 4.69) is 19.4 Å². The molecule has 1 nitrogen and oxygen atoms in total. The third-order valence-electron chi connectivity index (χ3n) is 1.75. The zero-order chi connectivity index (χ0) is 8.69. The molecule has 0 amide bonds. The third kappa shape index (κ3) is 4.64. The minimum Gasteiger partial charge on any atom is -0.323 e. The van der Waals surface area contributed by atoms with Gasteiger partial charge in [-0.15, -0.1) is 6.42 Å². The van der Waals surface area contributed by atoms with Crippen molar-refractivity contribution in [1.29, 1.82) is 0 Å². The second-order valence-electron chi connectivity index (χ2n) is 2.77. The van der Waals surface area contributed by atoms with Gasteiger partial charge in [0.1, 0.15) is 0 Å². The van der Waals surface area contributed by atoms with Gasteiger partial charge in [-0.2, -0.15) is 0 Å². The molecule has 1 unspecified atom stereocenters. The van der Waals surface area contributed by atoms with E-state index in [-0.39, 0.29) is 6.04 Å². The van der Waals surface area contributed by atoms with Crippen LogP contribution >= 0.6 is 0 Å². The molecule has 0 radical (unpaired) electrons. The van der Waals surface area contributed by atoms with Crippen molar-refractivity contribution in [1.82, 2.24) is 0 Å². The Morgan fingerprint density at radius 3 is 2.73 bits per heavy atom. The lowest BCUT2D eigenvalue weighted by atomic mass is 10.0. The number of hydrogen-bond donors (Lipinski definition) is 1. The highest BCUT2D eigenvalue weighted by molar-refractivity contribution is 5.26. The largest absolute Gasteiger partial charge is 0.323 e. The van der Waals surface area contributed by atoms with E-state index in [0.717, 1.165) is 18.4 Å². The fourth-order valence-corrected chi connectivity index (χ4v) is 0.896. The number of rotatable bonds is 5. The van der Waals surface area contributed by atoms with Crippen LogP contribution in [-0.2, 0) is 0 Å². The van der Waals surface area contributed by atoms with Gasteiger partial charge in [0.05, 0.1) is 0 Å². The first-order valence-corrected chi connectivity index (χ1v) is 4.13. The minimum atomic E-state index is 0.00606. The lowest BCUT2D eigenvalue weighted by molar-refractivity contribution is 0.614. The number of terminal acetylenes is 1. The molecule has 1 heteroatoms. The summed E-state index contributed by atoms with van der Waals surface area (Å²) in [6.07, 6.45) is 9.71. The molecule has 0 spiro atoms. The molecule has 11 heavy (non-hydrogen) atoms. The molecule has 0 aromatic rings. The summed E-state index contributed by atoms with van der Waals surface area (Å²) in [5.41, 5.74) is 6.45. The Bertz CT molecular complexity index is 153. The summed E-state index contributed by atoms with van der Waals surface area (Å²) in [5, 5.41) is 0. The Hall–Kier alpha value is -0.740. The van der Waals surface area contributed by atoms with Crippen LogP contribution in [-0.4, -0.2) is 6.04 Å². The standard InChI is InChI=1S/C10H17N/c1-4-6-7-8-10(11)9(3)5-2/h2,10H,3-4,6-8,11H2,1H3. The van der Waals surface area contributed by atoms with E-state index < -0.39 is 0 Å². The molecular formula is C10H17N. The molecule has 0 aromatic carbocycles. The Kier molecular flexibility index (Phi) is 5.60. The van der Waals surface area contributed by atoms with Crippen molar-refractivity contribution in [2.45, 2.75) is 38.6 Å². The Morgan fingerprint density at radius 2 is 2.27 bits per heavy atom. The molecule has 0 aliphatic heterocycles. The van der Waals surface area contributed by atoms with Crippen molar-refractivity contribution in [2.75, 3.05) is 0 Å². The molecule has 0 rings (SSSR count). The van der Waals surface area contributed by atoms with E-state index in [9.17, 15) is 0 Å². The monoisotopic (exact) mass is 151 g/mol. The maximum Gasteiger partial charge on any atom is 0.0368 e. The van der Waals surface area contributed by atoms with Gasteiger partial charge in [0.2, 0.25) is 0 Å². The van der Waals surface area contributed by atoms with Crippen LogP contribution in [0.1, 0.15) is 32.6 Å². The molecule has 2 N–H and O–H groups in total. The van der Waals surface area contributed by atoms with Gasteiger partial charge in [-0.1, -0.05) is 38.7 Å². The average Bonchev–Trinajstić information content (AvgIpc) is 2.03. The zero-order valence-corrected chi connectivity index (χ0v) is 7.27. The highest BCUT2D eigenvalue weighted by Gasteiger charge is 2.02. The summed E-state index contributed by atoms with van der Waals surface area (Å²) in [6, 6.07) is 0.00606.